The third-order valence-electron chi connectivity index (χ3n) is 2.39. The van der Waals surface area contributed by atoms with Crippen molar-refractivity contribution < 1.29 is 19.1 Å². The van der Waals surface area contributed by atoms with Crippen molar-refractivity contribution in [1.29, 1.82) is 0 Å². The van der Waals surface area contributed by atoms with Gasteiger partial charge in [0.15, 0.2) is 0 Å². The summed E-state index contributed by atoms with van der Waals surface area (Å²) in [6.07, 6.45) is 1.04. The lowest BCUT2D eigenvalue weighted by atomic mass is 10.2. The van der Waals surface area contributed by atoms with Gasteiger partial charge in [-0.1, -0.05) is 15.9 Å². The van der Waals surface area contributed by atoms with E-state index in [1.807, 2.05) is 19.1 Å². The zero-order valence-electron chi connectivity index (χ0n) is 11.1. The fraction of sp³-hybridized carbons (Fsp3) is 0.231. The largest absolute Gasteiger partial charge is 0.466 e. The maximum atomic E-state index is 11.6. The minimum Gasteiger partial charge on any atom is -0.466 e. The van der Waals surface area contributed by atoms with E-state index in [0.29, 0.717) is 5.69 Å². The van der Waals surface area contributed by atoms with Gasteiger partial charge in [-0.25, -0.2) is 9.59 Å². The molecule has 108 valence electrons. The Balaban J connectivity index is 3.14. The minimum absolute atomic E-state index is 0.0122. The summed E-state index contributed by atoms with van der Waals surface area (Å²) in [6.45, 7) is 1.91. The van der Waals surface area contributed by atoms with E-state index >= 15 is 0 Å². The molecule has 0 saturated carbocycles. The molecule has 0 spiro atoms. The lowest BCUT2D eigenvalue weighted by molar-refractivity contribution is -0.138. The van der Waals surface area contributed by atoms with Gasteiger partial charge in [0, 0.05) is 8.95 Å². The summed E-state index contributed by atoms with van der Waals surface area (Å²) in [5.41, 5.74) is 1.59. The smallest absolute Gasteiger partial charge is 0.354 e. The maximum absolute atomic E-state index is 11.6. The number of nitrogens with one attached hydrogen (secondary N) is 1. The maximum Gasteiger partial charge on any atom is 0.354 e. The molecule has 0 heterocycles. The number of carbonyl (C=O) groups excluding carboxylic acids is 2. The van der Waals surface area contributed by atoms with E-state index in [0.717, 1.165) is 20.6 Å². The molecule has 0 aliphatic carbocycles. The van der Waals surface area contributed by atoms with Gasteiger partial charge in [0.05, 0.1) is 26.0 Å². The highest BCUT2D eigenvalue weighted by Gasteiger charge is 2.14. The van der Waals surface area contributed by atoms with Crippen LogP contribution in [0.15, 0.2) is 32.9 Å². The van der Waals surface area contributed by atoms with Crippen LogP contribution in [0.1, 0.15) is 5.56 Å². The minimum atomic E-state index is -0.664. The van der Waals surface area contributed by atoms with Crippen LogP contribution in [0.4, 0.5) is 5.69 Å². The van der Waals surface area contributed by atoms with Crippen LogP contribution in [-0.4, -0.2) is 26.2 Å². The van der Waals surface area contributed by atoms with Gasteiger partial charge in [-0.3, -0.25) is 0 Å². The van der Waals surface area contributed by atoms with E-state index in [9.17, 15) is 9.59 Å². The summed E-state index contributed by atoms with van der Waals surface area (Å²) in [5, 5.41) is 2.85. The molecule has 1 aromatic rings. The number of carbonyl (C=O) groups is 2. The van der Waals surface area contributed by atoms with Gasteiger partial charge in [-0.15, -0.1) is 0 Å². The Bertz CT molecular complexity index is 570. The van der Waals surface area contributed by atoms with Crippen LogP contribution in [0.3, 0.4) is 0 Å². The van der Waals surface area contributed by atoms with E-state index in [2.05, 4.69) is 46.7 Å². The van der Waals surface area contributed by atoms with Crippen molar-refractivity contribution in [3.05, 3.63) is 38.4 Å². The van der Waals surface area contributed by atoms with Gasteiger partial charge in [0.2, 0.25) is 0 Å². The van der Waals surface area contributed by atoms with E-state index in [4.69, 9.17) is 0 Å². The molecule has 7 heteroatoms. The molecule has 0 radical (unpaired) electrons. The lowest BCUT2D eigenvalue weighted by Crippen LogP contribution is -2.15. The molecule has 0 atom stereocenters. The number of hydrogen-bond donors (Lipinski definition) is 1. The third kappa shape index (κ3) is 4.35. The van der Waals surface area contributed by atoms with E-state index in [1.54, 1.807) is 0 Å². The first kappa shape index (κ1) is 16.7. The molecular weight excluding hydrogens is 394 g/mol. The molecule has 0 bridgehead atoms. The van der Waals surface area contributed by atoms with Crippen molar-refractivity contribution in [2.75, 3.05) is 19.5 Å². The van der Waals surface area contributed by atoms with Gasteiger partial charge in [-0.2, -0.15) is 0 Å². The molecule has 1 aromatic carbocycles. The summed E-state index contributed by atoms with van der Waals surface area (Å²) in [5.74, 6) is -1.31. The second-order valence-corrected chi connectivity index (χ2v) is 5.49. The lowest BCUT2D eigenvalue weighted by Gasteiger charge is -2.12. The van der Waals surface area contributed by atoms with Crippen LogP contribution in [0.5, 0.6) is 0 Å². The first-order chi connectivity index (χ1) is 9.38. The number of rotatable bonds is 4. The average Bonchev–Trinajstić information content (AvgIpc) is 2.42. The van der Waals surface area contributed by atoms with Gasteiger partial charge in [-0.05, 0) is 40.5 Å². The molecule has 0 aliphatic heterocycles. The average molecular weight is 407 g/mol. The Morgan fingerprint density at radius 3 is 2.35 bits per heavy atom. The van der Waals surface area contributed by atoms with Crippen molar-refractivity contribution >= 4 is 49.5 Å². The summed E-state index contributed by atoms with van der Waals surface area (Å²) >= 11 is 6.78. The van der Waals surface area contributed by atoms with Crippen LogP contribution >= 0.6 is 31.9 Å². The highest BCUT2D eigenvalue weighted by atomic mass is 79.9. The molecule has 0 aliphatic rings. The molecule has 0 fully saturated rings. The van der Waals surface area contributed by atoms with Crippen molar-refractivity contribution in [3.8, 4) is 0 Å². The number of ether oxygens (including phenoxy) is 2. The van der Waals surface area contributed by atoms with Crippen molar-refractivity contribution in [1.82, 2.24) is 0 Å². The molecule has 0 amide bonds. The second-order valence-electron chi connectivity index (χ2n) is 3.78. The highest BCUT2D eigenvalue weighted by molar-refractivity contribution is 9.11. The van der Waals surface area contributed by atoms with Crippen LogP contribution in [0.2, 0.25) is 0 Å². The van der Waals surface area contributed by atoms with Crippen LogP contribution in [-0.2, 0) is 19.1 Å². The summed E-state index contributed by atoms with van der Waals surface area (Å²) in [6, 6.07) is 3.66. The van der Waals surface area contributed by atoms with E-state index < -0.39 is 11.9 Å². The molecule has 1 N–H and O–H groups in total. The van der Waals surface area contributed by atoms with Crippen LogP contribution in [0.25, 0.3) is 0 Å². The number of anilines is 1. The first-order valence-corrected chi connectivity index (χ1v) is 7.08. The van der Waals surface area contributed by atoms with Gasteiger partial charge >= 0.3 is 11.9 Å². The van der Waals surface area contributed by atoms with Crippen molar-refractivity contribution in [2.45, 2.75) is 6.92 Å². The first-order valence-electron chi connectivity index (χ1n) is 5.49. The third-order valence-corrected chi connectivity index (χ3v) is 3.90. The number of hydrogen-bond acceptors (Lipinski definition) is 5. The number of halogens is 2. The summed E-state index contributed by atoms with van der Waals surface area (Å²) in [7, 11) is 2.46. The van der Waals surface area contributed by atoms with Crippen LogP contribution in [0, 0.1) is 6.92 Å². The predicted octanol–water partition coefficient (Wildman–Crippen LogP) is 3.16. The monoisotopic (exact) mass is 405 g/mol. The van der Waals surface area contributed by atoms with Gasteiger partial charge in [0.25, 0.3) is 0 Å². The van der Waals surface area contributed by atoms with Crippen molar-refractivity contribution in [2.24, 2.45) is 0 Å². The molecule has 20 heavy (non-hydrogen) atoms. The second kappa shape index (κ2) is 7.44. The Hall–Kier alpha value is -1.34. The van der Waals surface area contributed by atoms with E-state index in [-0.39, 0.29) is 5.70 Å². The topological polar surface area (TPSA) is 64.6 Å². The number of aryl methyl sites for hydroxylation is 1. The van der Waals surface area contributed by atoms with Crippen LogP contribution < -0.4 is 5.32 Å². The Labute approximate surface area is 133 Å². The standard InChI is InChI=1S/C13H13Br2NO4/c1-7-4-10(9(15)5-8(7)14)16-11(13(18)20-3)6-12(17)19-2/h4-6,16H,1-3H3/b11-6+. The predicted molar refractivity (Wildman–Crippen MR) is 82.3 cm³/mol. The SMILES string of the molecule is COC(=O)/C=C(/Nc1cc(C)c(Br)cc1Br)C(=O)OC. The molecule has 1 rings (SSSR count). The van der Waals surface area contributed by atoms with Gasteiger partial charge < -0.3 is 14.8 Å². The highest BCUT2D eigenvalue weighted by Crippen LogP contribution is 2.30. The normalized spacial score (nSPS) is 10.9. The zero-order valence-corrected chi connectivity index (χ0v) is 14.3. The van der Waals surface area contributed by atoms with Crippen molar-refractivity contribution in [3.63, 3.8) is 0 Å². The van der Waals surface area contributed by atoms with E-state index in [1.165, 1.54) is 14.2 Å². The fourth-order valence-corrected chi connectivity index (χ4v) is 2.42. The number of benzene rings is 1. The molecule has 0 saturated heterocycles. The summed E-state index contributed by atoms with van der Waals surface area (Å²) in [4.78, 5) is 22.9. The van der Waals surface area contributed by atoms with Gasteiger partial charge in [0.1, 0.15) is 5.70 Å². The number of methoxy groups -OCH3 is 2. The molecular formula is C13H13Br2NO4. The number of esters is 2. The Morgan fingerprint density at radius 2 is 1.80 bits per heavy atom. The fourth-order valence-electron chi connectivity index (χ4n) is 1.33. The molecule has 0 unspecified atom stereocenters. The zero-order chi connectivity index (χ0) is 15.3. The molecule has 0 aromatic heterocycles. The molecule has 5 nitrogen and oxygen atoms in total. The quantitative estimate of drug-likeness (QED) is 0.614. The Morgan fingerprint density at radius 1 is 1.15 bits per heavy atom. The Kier molecular flexibility index (Phi) is 6.22. The summed E-state index contributed by atoms with van der Waals surface area (Å²) < 4.78 is 10.8.